The summed E-state index contributed by atoms with van der Waals surface area (Å²) in [7, 11) is 1.35. The largest absolute Gasteiger partial charge is 0.469 e. The van der Waals surface area contributed by atoms with E-state index in [4.69, 9.17) is 4.42 Å². The Labute approximate surface area is 110 Å². The molecular weight excluding hydrogens is 246 g/mol. The number of fused-ring (bicyclic) bond motifs is 1. The van der Waals surface area contributed by atoms with Gasteiger partial charge in [-0.15, -0.1) is 0 Å². The number of rotatable bonds is 4. The minimum absolute atomic E-state index is 0.253. The molecule has 0 aliphatic carbocycles. The lowest BCUT2D eigenvalue weighted by molar-refractivity contribution is -0.140. The maximum atomic E-state index is 11.4. The number of benzene rings is 1. The topological polar surface area (TPSA) is 69.4 Å². The predicted molar refractivity (Wildman–Crippen MR) is 70.0 cm³/mol. The molecule has 0 saturated heterocycles. The molecule has 0 aliphatic rings. The first-order chi connectivity index (χ1) is 9.15. The molecule has 0 saturated carbocycles. The number of hydrogen-bond acceptors (Lipinski definition) is 5. The zero-order chi connectivity index (χ0) is 13.8. The van der Waals surface area contributed by atoms with E-state index in [0.717, 1.165) is 10.9 Å². The highest BCUT2D eigenvalue weighted by Gasteiger charge is 2.11. The van der Waals surface area contributed by atoms with Crippen molar-refractivity contribution in [3.05, 3.63) is 40.0 Å². The van der Waals surface area contributed by atoms with Crippen LogP contribution in [0.3, 0.4) is 0 Å². The molecule has 0 spiro atoms. The average molecular weight is 261 g/mol. The van der Waals surface area contributed by atoms with Crippen molar-refractivity contribution in [1.82, 2.24) is 4.98 Å². The molecule has 0 atom stereocenters. The highest BCUT2D eigenvalue weighted by atomic mass is 16.5. The van der Waals surface area contributed by atoms with E-state index < -0.39 is 5.76 Å². The summed E-state index contributed by atoms with van der Waals surface area (Å²) in [6.45, 7) is 1.93. The van der Waals surface area contributed by atoms with Crippen LogP contribution in [0.2, 0.25) is 0 Å². The van der Waals surface area contributed by atoms with Gasteiger partial charge in [0, 0.05) is 11.8 Å². The molecule has 19 heavy (non-hydrogen) atoms. The summed E-state index contributed by atoms with van der Waals surface area (Å²) in [5.74, 6) is -0.890. The van der Waals surface area contributed by atoms with E-state index in [9.17, 15) is 9.59 Å². The number of methoxy groups -OCH3 is 1. The molecule has 1 heterocycles. The summed E-state index contributed by atoms with van der Waals surface area (Å²) in [6.07, 6.45) is 1.38. The van der Waals surface area contributed by atoms with E-state index in [-0.39, 0.29) is 12.4 Å². The number of aryl methyl sites for hydroxylation is 2. The van der Waals surface area contributed by atoms with Gasteiger partial charge in [0.1, 0.15) is 5.58 Å². The maximum Gasteiger partial charge on any atom is 0.439 e. The summed E-state index contributed by atoms with van der Waals surface area (Å²) < 4.78 is 9.79. The molecule has 2 aromatic rings. The number of para-hydroxylation sites is 1. The van der Waals surface area contributed by atoms with Gasteiger partial charge in [0.05, 0.1) is 12.8 Å². The Balaban J connectivity index is 2.47. The molecule has 2 rings (SSSR count). The minimum atomic E-state index is -0.602. The van der Waals surface area contributed by atoms with Gasteiger partial charge in [0.2, 0.25) is 0 Å². The number of nitrogens with zero attached hydrogens (tertiary/aromatic N) is 1. The van der Waals surface area contributed by atoms with E-state index >= 15 is 0 Å². The van der Waals surface area contributed by atoms with Gasteiger partial charge in [-0.1, -0.05) is 19.1 Å². The van der Waals surface area contributed by atoms with Crippen molar-refractivity contribution < 1.29 is 13.9 Å². The fourth-order valence-electron chi connectivity index (χ4n) is 2.02. The molecule has 1 aromatic heterocycles. The number of carbonyl (C=O) groups excluding carboxylic acids is 1. The molecular formula is C14H15NO4. The molecule has 5 heteroatoms. The second kappa shape index (κ2) is 5.65. The van der Waals surface area contributed by atoms with Crippen molar-refractivity contribution in [2.24, 2.45) is 0 Å². The van der Waals surface area contributed by atoms with Crippen LogP contribution in [0.25, 0.3) is 11.0 Å². The SMILES string of the molecule is CCc1nc(=O)oc2c(CCC(=O)OC)cccc12. The van der Waals surface area contributed by atoms with Gasteiger partial charge in [-0.25, -0.2) is 4.79 Å². The fourth-order valence-corrected chi connectivity index (χ4v) is 2.02. The molecule has 0 unspecified atom stereocenters. The van der Waals surface area contributed by atoms with Gasteiger partial charge in [0.15, 0.2) is 0 Å². The van der Waals surface area contributed by atoms with Crippen molar-refractivity contribution in [3.8, 4) is 0 Å². The van der Waals surface area contributed by atoms with E-state index in [1.807, 2.05) is 25.1 Å². The van der Waals surface area contributed by atoms with Gasteiger partial charge >= 0.3 is 11.7 Å². The lowest BCUT2D eigenvalue weighted by Gasteiger charge is -2.06. The minimum Gasteiger partial charge on any atom is -0.469 e. The van der Waals surface area contributed by atoms with Crippen LogP contribution in [0, 0.1) is 0 Å². The number of ether oxygens (including phenoxy) is 1. The second-order valence-corrected chi connectivity index (χ2v) is 4.15. The standard InChI is InChI=1S/C14H15NO4/c1-3-11-10-6-4-5-9(7-8-12(16)18-2)13(10)19-14(17)15-11/h4-6H,3,7-8H2,1-2H3. The molecule has 0 aliphatic heterocycles. The molecule has 1 aromatic carbocycles. The summed E-state index contributed by atoms with van der Waals surface area (Å²) in [6, 6.07) is 5.58. The van der Waals surface area contributed by atoms with E-state index in [1.165, 1.54) is 7.11 Å². The third kappa shape index (κ3) is 2.81. The van der Waals surface area contributed by atoms with Gasteiger partial charge in [0.25, 0.3) is 0 Å². The quantitative estimate of drug-likeness (QED) is 0.786. The Morgan fingerprint density at radius 3 is 2.89 bits per heavy atom. The van der Waals surface area contributed by atoms with Crippen LogP contribution >= 0.6 is 0 Å². The Bertz CT molecular complexity index is 660. The van der Waals surface area contributed by atoms with Crippen LogP contribution in [0.15, 0.2) is 27.4 Å². The van der Waals surface area contributed by atoms with Crippen LogP contribution in [0.5, 0.6) is 0 Å². The van der Waals surface area contributed by atoms with E-state index in [2.05, 4.69) is 9.72 Å². The molecule has 0 bridgehead atoms. The second-order valence-electron chi connectivity index (χ2n) is 4.15. The number of hydrogen-bond donors (Lipinski definition) is 0. The first-order valence-electron chi connectivity index (χ1n) is 6.14. The molecule has 0 fully saturated rings. The van der Waals surface area contributed by atoms with Crippen LogP contribution in [0.1, 0.15) is 24.6 Å². The monoisotopic (exact) mass is 261 g/mol. The van der Waals surface area contributed by atoms with Crippen LogP contribution in [0.4, 0.5) is 0 Å². The normalized spacial score (nSPS) is 10.6. The molecule has 100 valence electrons. The first-order valence-corrected chi connectivity index (χ1v) is 6.14. The third-order valence-electron chi connectivity index (χ3n) is 2.98. The van der Waals surface area contributed by atoms with Crippen molar-refractivity contribution in [1.29, 1.82) is 0 Å². The number of aromatic nitrogens is 1. The van der Waals surface area contributed by atoms with Crippen molar-refractivity contribution in [3.63, 3.8) is 0 Å². The fraction of sp³-hybridized carbons (Fsp3) is 0.357. The lowest BCUT2D eigenvalue weighted by atomic mass is 10.0. The maximum absolute atomic E-state index is 11.4. The average Bonchev–Trinajstić information content (AvgIpc) is 2.43. The lowest BCUT2D eigenvalue weighted by Crippen LogP contribution is -2.09. The molecule has 0 N–H and O–H groups in total. The van der Waals surface area contributed by atoms with Gasteiger partial charge < -0.3 is 9.15 Å². The summed E-state index contributed by atoms with van der Waals surface area (Å²) in [5, 5.41) is 0.824. The molecule has 5 nitrogen and oxygen atoms in total. The highest BCUT2D eigenvalue weighted by molar-refractivity contribution is 5.82. The Morgan fingerprint density at radius 1 is 1.42 bits per heavy atom. The zero-order valence-corrected chi connectivity index (χ0v) is 10.9. The van der Waals surface area contributed by atoms with E-state index in [1.54, 1.807) is 0 Å². The Morgan fingerprint density at radius 2 is 2.21 bits per heavy atom. The van der Waals surface area contributed by atoms with Crippen molar-refractivity contribution >= 4 is 16.9 Å². The molecule has 0 amide bonds. The first kappa shape index (κ1) is 13.3. The predicted octanol–water partition coefficient (Wildman–Crippen LogP) is 1.86. The van der Waals surface area contributed by atoms with Crippen molar-refractivity contribution in [2.45, 2.75) is 26.2 Å². The third-order valence-corrected chi connectivity index (χ3v) is 2.98. The van der Waals surface area contributed by atoms with Crippen LogP contribution < -0.4 is 5.76 Å². The Hall–Kier alpha value is -2.17. The van der Waals surface area contributed by atoms with Crippen LogP contribution in [-0.4, -0.2) is 18.1 Å². The van der Waals surface area contributed by atoms with Gasteiger partial charge in [-0.3, -0.25) is 4.79 Å². The van der Waals surface area contributed by atoms with Crippen molar-refractivity contribution in [2.75, 3.05) is 7.11 Å². The molecule has 0 radical (unpaired) electrons. The summed E-state index contributed by atoms with van der Waals surface area (Å²) >= 11 is 0. The smallest absolute Gasteiger partial charge is 0.439 e. The van der Waals surface area contributed by atoms with Gasteiger partial charge in [-0.05, 0) is 24.5 Å². The zero-order valence-electron chi connectivity index (χ0n) is 10.9. The number of esters is 1. The highest BCUT2D eigenvalue weighted by Crippen LogP contribution is 2.21. The van der Waals surface area contributed by atoms with E-state index in [0.29, 0.717) is 24.1 Å². The summed E-state index contributed by atoms with van der Waals surface area (Å²) in [5.41, 5.74) is 2.05. The van der Waals surface area contributed by atoms with Gasteiger partial charge in [-0.2, -0.15) is 4.98 Å². The van der Waals surface area contributed by atoms with Crippen LogP contribution in [-0.2, 0) is 22.4 Å². The summed E-state index contributed by atoms with van der Waals surface area (Å²) in [4.78, 5) is 26.5. The number of carbonyl (C=O) groups is 1. The Kier molecular flexibility index (Phi) is 3.94.